The Hall–Kier alpha value is -2.25. The Morgan fingerprint density at radius 2 is 1.67 bits per heavy atom. The van der Waals surface area contributed by atoms with Crippen molar-refractivity contribution >= 4 is 29.4 Å². The Morgan fingerprint density at radius 3 is 2.37 bits per heavy atom. The average molecular weight is 399 g/mol. The number of rotatable bonds is 8. The van der Waals surface area contributed by atoms with Crippen LogP contribution in [0.5, 0.6) is 0 Å². The number of nitrogens with one attached hydrogen (secondary N) is 2. The van der Waals surface area contributed by atoms with Crippen LogP contribution in [-0.2, 0) is 4.79 Å². The van der Waals surface area contributed by atoms with Crippen LogP contribution >= 0.6 is 23.5 Å². The van der Waals surface area contributed by atoms with Gasteiger partial charge in [-0.15, -0.1) is 16.9 Å². The number of thioether (sulfide) groups is 2. The molecule has 0 radical (unpaired) electrons. The van der Waals surface area contributed by atoms with Crippen molar-refractivity contribution < 1.29 is 4.79 Å². The van der Waals surface area contributed by atoms with Crippen LogP contribution in [0.2, 0.25) is 0 Å². The molecule has 2 N–H and O–H groups in total. The minimum atomic E-state index is -0.00816. The summed E-state index contributed by atoms with van der Waals surface area (Å²) >= 11 is 3.07. The Labute approximate surface area is 167 Å². The topological polar surface area (TPSA) is 70.7 Å². The summed E-state index contributed by atoms with van der Waals surface area (Å²) in [6.07, 6.45) is 0. The summed E-state index contributed by atoms with van der Waals surface area (Å²) in [7, 11) is 0. The van der Waals surface area contributed by atoms with E-state index in [1.165, 1.54) is 27.8 Å². The van der Waals surface area contributed by atoms with Gasteiger partial charge in [0.15, 0.2) is 5.82 Å². The molecule has 1 amide bonds. The molecular formula is C20H22N4OS2. The van der Waals surface area contributed by atoms with Gasteiger partial charge in [0.25, 0.3) is 0 Å². The molecule has 0 saturated carbocycles. The molecule has 1 heterocycles. The van der Waals surface area contributed by atoms with E-state index in [4.69, 9.17) is 0 Å². The molecule has 140 valence electrons. The summed E-state index contributed by atoms with van der Waals surface area (Å²) in [5, 5.41) is 10.6. The minimum absolute atomic E-state index is 0.00816. The third kappa shape index (κ3) is 6.15. The third-order valence-electron chi connectivity index (χ3n) is 3.84. The van der Waals surface area contributed by atoms with Gasteiger partial charge < -0.3 is 5.32 Å². The maximum atomic E-state index is 12.0. The number of aryl methyl sites for hydroxylation is 2. The van der Waals surface area contributed by atoms with Gasteiger partial charge in [0.05, 0.1) is 5.75 Å². The zero-order valence-electron chi connectivity index (χ0n) is 15.4. The van der Waals surface area contributed by atoms with Crippen molar-refractivity contribution in [3.8, 4) is 11.4 Å². The fourth-order valence-corrected chi connectivity index (χ4v) is 3.72. The molecule has 0 spiro atoms. The van der Waals surface area contributed by atoms with Crippen molar-refractivity contribution in [1.29, 1.82) is 0 Å². The predicted molar refractivity (Wildman–Crippen MR) is 112 cm³/mol. The van der Waals surface area contributed by atoms with Crippen LogP contribution in [0, 0.1) is 13.8 Å². The van der Waals surface area contributed by atoms with E-state index in [-0.39, 0.29) is 5.91 Å². The molecule has 0 aliphatic rings. The fraction of sp³-hybridized carbons (Fsp3) is 0.250. The molecular weight excluding hydrogens is 376 g/mol. The number of amides is 1. The molecule has 0 fully saturated rings. The monoisotopic (exact) mass is 398 g/mol. The lowest BCUT2D eigenvalue weighted by atomic mass is 10.1. The minimum Gasteiger partial charge on any atom is -0.355 e. The average Bonchev–Trinajstić information content (AvgIpc) is 3.14. The van der Waals surface area contributed by atoms with E-state index in [1.54, 1.807) is 11.8 Å². The van der Waals surface area contributed by atoms with Gasteiger partial charge in [-0.2, -0.15) is 0 Å². The highest BCUT2D eigenvalue weighted by Crippen LogP contribution is 2.20. The van der Waals surface area contributed by atoms with Crippen molar-refractivity contribution in [3.63, 3.8) is 0 Å². The number of hydrogen-bond donors (Lipinski definition) is 2. The van der Waals surface area contributed by atoms with Crippen molar-refractivity contribution in [2.24, 2.45) is 0 Å². The smallest absolute Gasteiger partial charge is 0.230 e. The molecule has 3 aromatic rings. The Kier molecular flexibility index (Phi) is 6.95. The fourth-order valence-electron chi connectivity index (χ4n) is 2.33. The van der Waals surface area contributed by atoms with Crippen molar-refractivity contribution in [2.45, 2.75) is 23.9 Å². The lowest BCUT2D eigenvalue weighted by Crippen LogP contribution is -2.27. The van der Waals surface area contributed by atoms with Crippen molar-refractivity contribution in [2.75, 3.05) is 18.1 Å². The van der Waals surface area contributed by atoms with Gasteiger partial charge in [0.1, 0.15) is 0 Å². The third-order valence-corrected chi connectivity index (χ3v) is 5.70. The maximum Gasteiger partial charge on any atom is 0.230 e. The van der Waals surface area contributed by atoms with Crippen LogP contribution in [0.15, 0.2) is 58.6 Å². The summed E-state index contributed by atoms with van der Waals surface area (Å²) in [5.41, 5.74) is 3.43. The number of nitrogens with zero attached hydrogens (tertiary/aromatic N) is 2. The molecule has 1 aromatic heterocycles. The van der Waals surface area contributed by atoms with Gasteiger partial charge in [-0.05, 0) is 26.0 Å². The summed E-state index contributed by atoms with van der Waals surface area (Å²) in [4.78, 5) is 17.6. The molecule has 2 aromatic carbocycles. The summed E-state index contributed by atoms with van der Waals surface area (Å²) in [6, 6.07) is 16.5. The Morgan fingerprint density at radius 1 is 1.00 bits per heavy atom. The Balaban J connectivity index is 1.38. The molecule has 0 bridgehead atoms. The number of H-pyrrole nitrogens is 1. The largest absolute Gasteiger partial charge is 0.355 e. The maximum absolute atomic E-state index is 12.0. The van der Waals surface area contributed by atoms with Crippen LogP contribution in [0.4, 0.5) is 0 Å². The first-order valence-corrected chi connectivity index (χ1v) is 10.7. The van der Waals surface area contributed by atoms with E-state index in [2.05, 4.69) is 51.7 Å². The van der Waals surface area contributed by atoms with Gasteiger partial charge in [0.2, 0.25) is 11.1 Å². The van der Waals surface area contributed by atoms with Gasteiger partial charge in [-0.3, -0.25) is 9.89 Å². The van der Waals surface area contributed by atoms with E-state index in [1.807, 2.05) is 31.2 Å². The highest BCUT2D eigenvalue weighted by atomic mass is 32.2. The van der Waals surface area contributed by atoms with Gasteiger partial charge in [0, 0.05) is 22.8 Å². The lowest BCUT2D eigenvalue weighted by Gasteiger charge is -2.04. The zero-order valence-corrected chi connectivity index (χ0v) is 17.0. The molecule has 27 heavy (non-hydrogen) atoms. The van der Waals surface area contributed by atoms with Crippen LogP contribution in [0.3, 0.4) is 0 Å². The first kappa shape index (κ1) is 19.5. The second kappa shape index (κ2) is 9.62. The zero-order chi connectivity index (χ0) is 19.1. The standard InChI is InChI=1S/C20H22N4OS2/c1-14-3-7-16(8-4-14)19-22-20(24-23-19)27-13-18(25)21-11-12-26-17-9-5-15(2)6-10-17/h3-10H,11-13H2,1-2H3,(H,21,25)(H,22,23,24). The van der Waals surface area contributed by atoms with E-state index in [0.29, 0.717) is 23.3 Å². The van der Waals surface area contributed by atoms with Crippen LogP contribution in [0.25, 0.3) is 11.4 Å². The number of carbonyl (C=O) groups is 1. The second-order valence-electron chi connectivity index (χ2n) is 6.13. The lowest BCUT2D eigenvalue weighted by molar-refractivity contribution is -0.118. The molecule has 3 rings (SSSR count). The molecule has 0 aliphatic heterocycles. The van der Waals surface area contributed by atoms with Gasteiger partial charge in [-0.1, -0.05) is 59.3 Å². The first-order chi connectivity index (χ1) is 13.1. The van der Waals surface area contributed by atoms with Crippen LogP contribution in [0.1, 0.15) is 11.1 Å². The van der Waals surface area contributed by atoms with Gasteiger partial charge in [-0.25, -0.2) is 4.98 Å². The summed E-state index contributed by atoms with van der Waals surface area (Å²) in [5.74, 6) is 1.86. The SMILES string of the molecule is Cc1ccc(SCCNC(=O)CSc2n[nH]c(-c3ccc(C)cc3)n2)cc1. The molecule has 5 nitrogen and oxygen atoms in total. The highest BCUT2D eigenvalue weighted by Gasteiger charge is 2.09. The molecule has 0 atom stereocenters. The Bertz CT molecular complexity index is 876. The van der Waals surface area contributed by atoms with Crippen molar-refractivity contribution in [1.82, 2.24) is 20.5 Å². The highest BCUT2D eigenvalue weighted by molar-refractivity contribution is 7.99. The normalized spacial score (nSPS) is 10.7. The first-order valence-electron chi connectivity index (χ1n) is 8.68. The number of aromatic nitrogens is 3. The van der Waals surface area contributed by atoms with E-state index in [9.17, 15) is 4.79 Å². The van der Waals surface area contributed by atoms with Crippen LogP contribution in [-0.4, -0.2) is 39.1 Å². The predicted octanol–water partition coefficient (Wildman–Crippen LogP) is 4.09. The molecule has 0 saturated heterocycles. The summed E-state index contributed by atoms with van der Waals surface area (Å²) < 4.78 is 0. The van der Waals surface area contributed by atoms with E-state index < -0.39 is 0 Å². The van der Waals surface area contributed by atoms with Crippen LogP contribution < -0.4 is 5.32 Å². The summed E-state index contributed by atoms with van der Waals surface area (Å²) in [6.45, 7) is 4.76. The van der Waals surface area contributed by atoms with Crippen molar-refractivity contribution in [3.05, 3.63) is 59.7 Å². The second-order valence-corrected chi connectivity index (χ2v) is 8.24. The molecule has 0 aliphatic carbocycles. The number of hydrogen-bond acceptors (Lipinski definition) is 5. The quantitative estimate of drug-likeness (QED) is 0.442. The van der Waals surface area contributed by atoms with Gasteiger partial charge >= 0.3 is 0 Å². The van der Waals surface area contributed by atoms with E-state index in [0.717, 1.165) is 11.3 Å². The number of carbonyl (C=O) groups excluding carboxylic acids is 1. The molecule has 7 heteroatoms. The van der Waals surface area contributed by atoms with E-state index >= 15 is 0 Å². The number of aromatic amines is 1. The molecule has 0 unspecified atom stereocenters. The number of benzene rings is 2.